The maximum absolute atomic E-state index is 12.3. The van der Waals surface area contributed by atoms with Gasteiger partial charge in [0.2, 0.25) is 0 Å². The molecule has 2 rings (SSSR count). The van der Waals surface area contributed by atoms with E-state index in [0.717, 1.165) is 28.3 Å². The van der Waals surface area contributed by atoms with Crippen molar-refractivity contribution in [3.05, 3.63) is 38.8 Å². The first kappa shape index (κ1) is 16.0. The molecule has 0 amide bonds. The molecule has 21 heavy (non-hydrogen) atoms. The van der Waals surface area contributed by atoms with E-state index < -0.39 is 16.0 Å². The van der Waals surface area contributed by atoms with Gasteiger partial charge in [-0.25, -0.2) is 18.2 Å². The lowest BCUT2D eigenvalue weighted by Gasteiger charge is -2.09. The fourth-order valence-corrected chi connectivity index (χ4v) is 4.23. The molecular weight excluding hydrogens is 359 g/mol. The number of hydrogen-bond donors (Lipinski definition) is 2. The summed E-state index contributed by atoms with van der Waals surface area (Å²) in [4.78, 5) is 15.3. The van der Waals surface area contributed by atoms with Crippen LogP contribution in [0.15, 0.2) is 23.2 Å². The molecule has 10 heteroatoms. The molecule has 1 heterocycles. The Morgan fingerprint density at radius 1 is 1.33 bits per heavy atom. The minimum absolute atomic E-state index is 0.142. The average Bonchev–Trinajstić information content (AvgIpc) is 2.72. The Balaban J connectivity index is 2.49. The van der Waals surface area contributed by atoms with Gasteiger partial charge in [0, 0.05) is 11.1 Å². The van der Waals surface area contributed by atoms with Crippen molar-refractivity contribution < 1.29 is 18.3 Å². The molecule has 0 saturated heterocycles. The Kier molecular flexibility index (Phi) is 4.43. The lowest BCUT2D eigenvalue weighted by molar-refractivity contribution is 0.0697. The highest BCUT2D eigenvalue weighted by Gasteiger charge is 2.23. The molecule has 0 saturated carbocycles. The Hall–Kier alpha value is -1.35. The van der Waals surface area contributed by atoms with Gasteiger partial charge in [-0.3, -0.25) is 4.72 Å². The fraction of sp³-hybridized carbons (Fsp3) is 0.0909. The van der Waals surface area contributed by atoms with Crippen LogP contribution < -0.4 is 4.72 Å². The molecule has 1 aromatic carbocycles. The van der Waals surface area contributed by atoms with Gasteiger partial charge in [-0.15, -0.1) is 11.3 Å². The van der Waals surface area contributed by atoms with Gasteiger partial charge < -0.3 is 5.11 Å². The van der Waals surface area contributed by atoms with Gasteiger partial charge in [0.15, 0.2) is 5.13 Å². The molecule has 0 aliphatic heterocycles. The van der Waals surface area contributed by atoms with Crippen LogP contribution >= 0.6 is 34.5 Å². The van der Waals surface area contributed by atoms with E-state index in [2.05, 4.69) is 9.71 Å². The first-order valence-corrected chi connectivity index (χ1v) is 8.44. The lowest BCUT2D eigenvalue weighted by Crippen LogP contribution is -2.14. The second kappa shape index (κ2) is 5.80. The normalized spacial score (nSPS) is 11.4. The Bertz CT molecular complexity index is 818. The molecule has 2 N–H and O–H groups in total. The summed E-state index contributed by atoms with van der Waals surface area (Å²) in [6.45, 7) is 1.77. The first-order chi connectivity index (χ1) is 9.70. The van der Waals surface area contributed by atoms with Crippen molar-refractivity contribution in [2.24, 2.45) is 0 Å². The number of rotatable bonds is 4. The van der Waals surface area contributed by atoms with Gasteiger partial charge >= 0.3 is 5.97 Å². The molecule has 0 bridgehead atoms. The van der Waals surface area contributed by atoms with Crippen molar-refractivity contribution in [3.8, 4) is 0 Å². The van der Waals surface area contributed by atoms with Crippen LogP contribution in [0.3, 0.4) is 0 Å². The summed E-state index contributed by atoms with van der Waals surface area (Å²) >= 11 is 12.7. The zero-order chi connectivity index (χ0) is 15.8. The quantitative estimate of drug-likeness (QED) is 0.865. The largest absolute Gasteiger partial charge is 0.478 e. The summed E-state index contributed by atoms with van der Waals surface area (Å²) in [6.07, 6.45) is 1.51. The first-order valence-electron chi connectivity index (χ1n) is 5.38. The summed E-state index contributed by atoms with van der Waals surface area (Å²) in [5.74, 6) is -1.35. The van der Waals surface area contributed by atoms with E-state index in [1.165, 1.54) is 6.20 Å². The summed E-state index contributed by atoms with van der Waals surface area (Å²) < 4.78 is 26.7. The molecule has 1 aromatic heterocycles. The van der Waals surface area contributed by atoms with E-state index in [1.54, 1.807) is 6.92 Å². The number of sulfonamides is 1. The van der Waals surface area contributed by atoms with Crippen molar-refractivity contribution in [1.82, 2.24) is 4.98 Å². The zero-order valence-electron chi connectivity index (χ0n) is 10.4. The molecular formula is C11H8Cl2N2O4S2. The van der Waals surface area contributed by atoms with Crippen LogP contribution in [0.1, 0.15) is 15.2 Å². The van der Waals surface area contributed by atoms with Gasteiger partial charge in [0.05, 0.1) is 15.6 Å². The maximum Gasteiger partial charge on any atom is 0.337 e. The number of aryl methyl sites for hydroxylation is 1. The standard InChI is InChI=1S/C11H8Cl2N2O4S2/c1-5-4-14-11(20-5)15-21(18,19)9-2-6(10(16)17)7(12)3-8(9)13/h2-4H,1H3,(H,14,15)(H,16,17). The number of halogens is 2. The van der Waals surface area contributed by atoms with Crippen LogP contribution in [0.5, 0.6) is 0 Å². The van der Waals surface area contributed by atoms with Crippen LogP contribution in [0.2, 0.25) is 10.0 Å². The fourth-order valence-electron chi connectivity index (χ4n) is 1.47. The van der Waals surface area contributed by atoms with Crippen LogP contribution in [-0.4, -0.2) is 24.5 Å². The number of carboxylic acid groups (broad SMARTS) is 1. The summed E-state index contributed by atoms with van der Waals surface area (Å²) in [6, 6.07) is 1.99. The summed E-state index contributed by atoms with van der Waals surface area (Å²) in [5, 5.41) is 8.83. The van der Waals surface area contributed by atoms with Crippen molar-refractivity contribution in [3.63, 3.8) is 0 Å². The molecule has 0 atom stereocenters. The summed E-state index contributed by atoms with van der Waals surface area (Å²) in [5.41, 5.74) is -0.350. The minimum atomic E-state index is -4.06. The van der Waals surface area contributed by atoms with Crippen molar-refractivity contribution in [1.29, 1.82) is 0 Å². The molecule has 0 spiro atoms. The molecule has 0 aliphatic rings. The third kappa shape index (κ3) is 3.46. The molecule has 0 radical (unpaired) electrons. The zero-order valence-corrected chi connectivity index (χ0v) is 13.6. The van der Waals surface area contributed by atoms with Gasteiger partial charge in [-0.05, 0) is 19.1 Å². The van der Waals surface area contributed by atoms with Crippen molar-refractivity contribution in [2.75, 3.05) is 4.72 Å². The highest BCUT2D eigenvalue weighted by Crippen LogP contribution is 2.30. The third-order valence-electron chi connectivity index (χ3n) is 2.38. The van der Waals surface area contributed by atoms with E-state index >= 15 is 0 Å². The van der Waals surface area contributed by atoms with E-state index in [4.69, 9.17) is 28.3 Å². The van der Waals surface area contributed by atoms with Gasteiger partial charge in [0.25, 0.3) is 10.0 Å². The molecule has 0 unspecified atom stereocenters. The molecule has 112 valence electrons. The van der Waals surface area contributed by atoms with Crippen molar-refractivity contribution >= 4 is 55.7 Å². The number of carbonyl (C=O) groups is 1. The van der Waals surface area contributed by atoms with E-state index in [0.29, 0.717) is 0 Å². The second-order valence-corrected chi connectivity index (χ2v) is 7.65. The predicted octanol–water partition coefficient (Wildman–Crippen LogP) is 3.26. The maximum atomic E-state index is 12.3. The predicted molar refractivity (Wildman–Crippen MR) is 81.1 cm³/mol. The number of anilines is 1. The summed E-state index contributed by atoms with van der Waals surface area (Å²) in [7, 11) is -4.06. The molecule has 0 fully saturated rings. The van der Waals surface area contributed by atoms with E-state index in [1.807, 2.05) is 0 Å². The minimum Gasteiger partial charge on any atom is -0.478 e. The van der Waals surface area contributed by atoms with Crippen LogP contribution in [0.25, 0.3) is 0 Å². The van der Waals surface area contributed by atoms with E-state index in [-0.39, 0.29) is 25.6 Å². The molecule has 2 aromatic rings. The highest BCUT2D eigenvalue weighted by molar-refractivity contribution is 7.93. The molecule has 0 aliphatic carbocycles. The average molecular weight is 367 g/mol. The van der Waals surface area contributed by atoms with Crippen LogP contribution in [0, 0.1) is 6.92 Å². The number of nitrogens with one attached hydrogen (secondary N) is 1. The van der Waals surface area contributed by atoms with Gasteiger partial charge in [0.1, 0.15) is 4.90 Å². The highest BCUT2D eigenvalue weighted by atomic mass is 35.5. The van der Waals surface area contributed by atoms with Crippen LogP contribution in [0.4, 0.5) is 5.13 Å². The monoisotopic (exact) mass is 366 g/mol. The lowest BCUT2D eigenvalue weighted by atomic mass is 10.2. The van der Waals surface area contributed by atoms with Crippen LogP contribution in [-0.2, 0) is 10.0 Å². The third-order valence-corrected chi connectivity index (χ3v) is 5.46. The molecule has 6 nitrogen and oxygen atoms in total. The second-order valence-electron chi connectivity index (χ2n) is 3.95. The number of aromatic carboxylic acids is 1. The smallest absolute Gasteiger partial charge is 0.337 e. The van der Waals surface area contributed by atoms with E-state index in [9.17, 15) is 13.2 Å². The SMILES string of the molecule is Cc1cnc(NS(=O)(=O)c2cc(C(=O)O)c(Cl)cc2Cl)s1. The number of carboxylic acids is 1. The number of nitrogens with zero attached hydrogens (tertiary/aromatic N) is 1. The number of hydrogen-bond acceptors (Lipinski definition) is 5. The van der Waals surface area contributed by atoms with Crippen molar-refractivity contribution in [2.45, 2.75) is 11.8 Å². The number of benzene rings is 1. The van der Waals surface area contributed by atoms with Gasteiger partial charge in [-0.2, -0.15) is 0 Å². The van der Waals surface area contributed by atoms with Gasteiger partial charge in [-0.1, -0.05) is 23.2 Å². The topological polar surface area (TPSA) is 96.4 Å². The Morgan fingerprint density at radius 3 is 2.52 bits per heavy atom. The Morgan fingerprint density at radius 2 is 2.00 bits per heavy atom. The Labute approximate surface area is 134 Å². The number of aromatic nitrogens is 1. The number of thiazole rings is 1.